The van der Waals surface area contributed by atoms with Crippen LogP contribution in [0.3, 0.4) is 0 Å². The summed E-state index contributed by atoms with van der Waals surface area (Å²) in [5, 5.41) is 0. The van der Waals surface area contributed by atoms with E-state index in [4.69, 9.17) is 34.4 Å². The fourth-order valence-electron chi connectivity index (χ4n) is 1.63. The summed E-state index contributed by atoms with van der Waals surface area (Å²) >= 11 is 0. The van der Waals surface area contributed by atoms with Crippen molar-refractivity contribution in [2.24, 2.45) is 0 Å². The predicted molar refractivity (Wildman–Crippen MR) is 91.6 cm³/mol. The van der Waals surface area contributed by atoms with Crippen LogP contribution in [0, 0.1) is 0 Å². The molecule has 0 saturated heterocycles. The van der Waals surface area contributed by atoms with Crippen molar-refractivity contribution in [2.75, 3.05) is 34.4 Å². The second kappa shape index (κ2) is 7.47. The molecule has 16 heteroatoms. The van der Waals surface area contributed by atoms with Gasteiger partial charge in [0, 0.05) is 0 Å². The van der Waals surface area contributed by atoms with Crippen molar-refractivity contribution < 1.29 is 0 Å². The van der Waals surface area contributed by atoms with E-state index in [-0.39, 0.29) is 42.1 Å². The molecule has 16 nitrogen and oxygen atoms in total. The van der Waals surface area contributed by atoms with Gasteiger partial charge in [-0.1, -0.05) is 0 Å². The first-order valence-corrected chi connectivity index (χ1v) is 6.72. The van der Waals surface area contributed by atoms with Gasteiger partial charge in [-0.05, 0) is 0 Å². The molecule has 0 saturated carbocycles. The number of hydrogen-bond donors (Lipinski definition) is 7. The SMILES string of the molecule is Nc1nc(N)[nH]c(=O)n1.Nc1nc(N)nc(Cc2nc(N)nc(N)n2)n1. The summed E-state index contributed by atoms with van der Waals surface area (Å²) in [5.41, 5.74) is 31.2. The summed E-state index contributed by atoms with van der Waals surface area (Å²) in [5.74, 6) is 0.652. The van der Waals surface area contributed by atoms with Gasteiger partial charge < -0.3 is 34.4 Å². The first-order chi connectivity index (χ1) is 12.2. The van der Waals surface area contributed by atoms with E-state index in [9.17, 15) is 4.79 Å². The average Bonchev–Trinajstić information content (AvgIpc) is 2.43. The third-order valence-electron chi connectivity index (χ3n) is 2.43. The molecular formula is C10H15N15O. The second-order valence-electron chi connectivity index (χ2n) is 4.51. The van der Waals surface area contributed by atoms with Crippen molar-refractivity contribution in [3.05, 3.63) is 22.1 Å². The van der Waals surface area contributed by atoms with E-state index < -0.39 is 5.69 Å². The number of aromatic nitrogens is 9. The van der Waals surface area contributed by atoms with Crippen LogP contribution in [-0.4, -0.2) is 44.9 Å². The Bertz CT molecular complexity index is 856. The van der Waals surface area contributed by atoms with Crippen molar-refractivity contribution >= 4 is 35.7 Å². The Kier molecular flexibility index (Phi) is 5.16. The van der Waals surface area contributed by atoms with Gasteiger partial charge >= 0.3 is 5.69 Å². The molecule has 3 heterocycles. The molecule has 0 aliphatic heterocycles. The van der Waals surface area contributed by atoms with Crippen LogP contribution in [0.2, 0.25) is 0 Å². The highest BCUT2D eigenvalue weighted by Gasteiger charge is 2.07. The zero-order chi connectivity index (χ0) is 19.3. The van der Waals surface area contributed by atoms with Crippen LogP contribution < -0.4 is 40.1 Å². The number of hydrogen-bond acceptors (Lipinski definition) is 15. The first kappa shape index (κ1) is 18.0. The molecular weight excluding hydrogens is 346 g/mol. The number of nitrogens with one attached hydrogen (secondary N) is 1. The lowest BCUT2D eigenvalue weighted by Crippen LogP contribution is -2.16. The van der Waals surface area contributed by atoms with Crippen molar-refractivity contribution in [1.82, 2.24) is 44.9 Å². The standard InChI is InChI=1S/C7H10N10.C3H5N5O/c8-4-12-2(13-5(9)16-4)1-3-14-6(10)17-7(11)15-3;4-1-6-2(5)8-3(9)7-1/h1H2,(H4,8,9,12,13,16)(H4,10,11,14,15,17);(H5,4,5,6,7,8,9). The highest BCUT2D eigenvalue weighted by molar-refractivity contribution is 5.29. The number of H-pyrrole nitrogens is 1. The number of anilines is 6. The van der Waals surface area contributed by atoms with Gasteiger partial charge in [-0.25, -0.2) is 4.79 Å². The summed E-state index contributed by atoms with van der Waals surface area (Å²) in [6, 6.07) is 0. The predicted octanol–water partition coefficient (Wildman–Crippen LogP) is -3.69. The number of nitrogens with two attached hydrogens (primary N) is 6. The fraction of sp³-hybridized carbons (Fsp3) is 0.100. The lowest BCUT2D eigenvalue weighted by molar-refractivity contribution is 0.867. The van der Waals surface area contributed by atoms with Gasteiger partial charge in [-0.2, -0.15) is 39.9 Å². The largest absolute Gasteiger partial charge is 0.369 e. The zero-order valence-corrected chi connectivity index (χ0v) is 13.2. The smallest absolute Gasteiger partial charge is 0.350 e. The summed E-state index contributed by atoms with van der Waals surface area (Å²) in [6.07, 6.45) is 0.188. The van der Waals surface area contributed by atoms with E-state index >= 15 is 0 Å². The minimum absolute atomic E-state index is 0.0208. The van der Waals surface area contributed by atoms with Crippen LogP contribution in [0.1, 0.15) is 11.6 Å². The van der Waals surface area contributed by atoms with Crippen molar-refractivity contribution in [2.45, 2.75) is 6.42 Å². The highest BCUT2D eigenvalue weighted by atomic mass is 16.1. The summed E-state index contributed by atoms with van der Waals surface area (Å²) in [6.45, 7) is 0. The molecule has 3 rings (SSSR count). The maximum absolute atomic E-state index is 10.3. The van der Waals surface area contributed by atoms with Gasteiger partial charge in [-0.15, -0.1) is 0 Å². The third-order valence-corrected chi connectivity index (χ3v) is 2.43. The van der Waals surface area contributed by atoms with E-state index in [2.05, 4.69) is 44.9 Å². The normalized spacial score (nSPS) is 10.0. The molecule has 0 atom stereocenters. The van der Waals surface area contributed by atoms with Crippen LogP contribution in [-0.2, 0) is 6.42 Å². The van der Waals surface area contributed by atoms with Crippen LogP contribution >= 0.6 is 0 Å². The number of aromatic amines is 1. The number of nitrogens with zero attached hydrogens (tertiary/aromatic N) is 8. The van der Waals surface area contributed by atoms with Gasteiger partial charge in [0.05, 0.1) is 6.42 Å². The summed E-state index contributed by atoms with van der Waals surface area (Å²) < 4.78 is 0. The Morgan fingerprint density at radius 2 is 0.962 bits per heavy atom. The molecule has 3 aromatic rings. The van der Waals surface area contributed by atoms with Gasteiger partial charge in [0.15, 0.2) is 0 Å². The lowest BCUT2D eigenvalue weighted by Gasteiger charge is -2.02. The van der Waals surface area contributed by atoms with E-state index in [0.29, 0.717) is 11.6 Å². The molecule has 13 N–H and O–H groups in total. The molecule has 0 amide bonds. The van der Waals surface area contributed by atoms with Crippen LogP contribution in [0.25, 0.3) is 0 Å². The Labute approximate surface area is 144 Å². The lowest BCUT2D eigenvalue weighted by atomic mass is 10.4. The molecule has 0 fully saturated rings. The molecule has 0 unspecified atom stereocenters. The molecule has 0 spiro atoms. The van der Waals surface area contributed by atoms with Crippen molar-refractivity contribution in [3.63, 3.8) is 0 Å². The molecule has 0 aliphatic rings. The molecule has 136 valence electrons. The molecule has 26 heavy (non-hydrogen) atoms. The fourth-order valence-corrected chi connectivity index (χ4v) is 1.63. The van der Waals surface area contributed by atoms with E-state index in [0.717, 1.165) is 0 Å². The van der Waals surface area contributed by atoms with Crippen LogP contribution in [0.4, 0.5) is 35.7 Å². The third kappa shape index (κ3) is 5.37. The molecule has 0 bridgehead atoms. The monoisotopic (exact) mass is 361 g/mol. The average molecular weight is 361 g/mol. The van der Waals surface area contributed by atoms with Crippen molar-refractivity contribution in [3.8, 4) is 0 Å². The highest BCUT2D eigenvalue weighted by Crippen LogP contribution is 2.05. The topological polar surface area (TPSA) is 292 Å². The molecule has 0 aliphatic carbocycles. The van der Waals surface area contributed by atoms with Gasteiger partial charge in [-0.3, -0.25) is 4.98 Å². The maximum atomic E-state index is 10.3. The minimum atomic E-state index is -0.583. The number of rotatable bonds is 2. The maximum Gasteiger partial charge on any atom is 0.350 e. The zero-order valence-electron chi connectivity index (χ0n) is 13.2. The summed E-state index contributed by atoms with van der Waals surface area (Å²) in [7, 11) is 0. The molecule has 0 aromatic carbocycles. The van der Waals surface area contributed by atoms with E-state index in [1.165, 1.54) is 0 Å². The Hall–Kier alpha value is -4.37. The van der Waals surface area contributed by atoms with Crippen LogP contribution in [0.15, 0.2) is 4.79 Å². The Balaban J connectivity index is 0.000000228. The summed E-state index contributed by atoms with van der Waals surface area (Å²) in [4.78, 5) is 41.9. The van der Waals surface area contributed by atoms with Gasteiger partial charge in [0.2, 0.25) is 35.7 Å². The molecule has 0 radical (unpaired) electrons. The van der Waals surface area contributed by atoms with Gasteiger partial charge in [0.25, 0.3) is 0 Å². The van der Waals surface area contributed by atoms with E-state index in [1.54, 1.807) is 0 Å². The second-order valence-corrected chi connectivity index (χ2v) is 4.51. The Morgan fingerprint density at radius 1 is 0.577 bits per heavy atom. The Morgan fingerprint density at radius 3 is 1.31 bits per heavy atom. The first-order valence-electron chi connectivity index (χ1n) is 6.72. The molecule has 3 aromatic heterocycles. The minimum Gasteiger partial charge on any atom is -0.369 e. The van der Waals surface area contributed by atoms with Crippen molar-refractivity contribution in [1.29, 1.82) is 0 Å². The van der Waals surface area contributed by atoms with E-state index in [1.807, 2.05) is 0 Å². The van der Waals surface area contributed by atoms with Crippen LogP contribution in [0.5, 0.6) is 0 Å². The quantitative estimate of drug-likeness (QED) is 0.231. The number of nitrogen functional groups attached to an aromatic ring is 6. The van der Waals surface area contributed by atoms with Gasteiger partial charge in [0.1, 0.15) is 11.6 Å².